The molecule has 0 unspecified atom stereocenters. The van der Waals surface area contributed by atoms with E-state index in [2.05, 4.69) is 17.1 Å². The highest BCUT2D eigenvalue weighted by Gasteiger charge is 2.08. The summed E-state index contributed by atoms with van der Waals surface area (Å²) < 4.78 is 0. The third-order valence-corrected chi connectivity index (χ3v) is 3.46. The van der Waals surface area contributed by atoms with Gasteiger partial charge in [-0.15, -0.1) is 0 Å². The van der Waals surface area contributed by atoms with Crippen molar-refractivity contribution in [2.75, 3.05) is 0 Å². The highest BCUT2D eigenvalue weighted by atomic mass is 35.5. The maximum Gasteiger partial charge on any atom is 0.0708 e. The van der Waals surface area contributed by atoms with Gasteiger partial charge in [0, 0.05) is 23.2 Å². The minimum atomic E-state index is 0.489. The Hall–Kier alpha value is -1.90. The van der Waals surface area contributed by atoms with Crippen LogP contribution >= 0.6 is 11.6 Å². The van der Waals surface area contributed by atoms with Gasteiger partial charge < -0.3 is 5.73 Å². The number of pyridine rings is 1. The Morgan fingerprint density at radius 2 is 1.89 bits per heavy atom. The molecule has 2 nitrogen and oxygen atoms in total. The molecule has 0 saturated heterocycles. The molecule has 3 rings (SSSR count). The summed E-state index contributed by atoms with van der Waals surface area (Å²) >= 11 is 6.12. The van der Waals surface area contributed by atoms with Crippen molar-refractivity contribution in [2.45, 2.75) is 6.54 Å². The molecular weight excluding hydrogens is 256 g/mol. The van der Waals surface area contributed by atoms with Crippen LogP contribution in [0.1, 0.15) is 5.56 Å². The first-order valence-electron chi connectivity index (χ1n) is 6.12. The van der Waals surface area contributed by atoms with Crippen LogP contribution in [0.15, 0.2) is 54.7 Å². The molecule has 2 N–H and O–H groups in total. The largest absolute Gasteiger partial charge is 0.326 e. The van der Waals surface area contributed by atoms with Gasteiger partial charge in [-0.3, -0.25) is 4.98 Å². The van der Waals surface area contributed by atoms with E-state index in [1.54, 1.807) is 6.20 Å². The van der Waals surface area contributed by atoms with Crippen molar-refractivity contribution in [3.63, 3.8) is 0 Å². The van der Waals surface area contributed by atoms with E-state index in [1.807, 2.05) is 36.4 Å². The van der Waals surface area contributed by atoms with E-state index in [4.69, 9.17) is 17.3 Å². The van der Waals surface area contributed by atoms with E-state index in [0.717, 1.165) is 27.6 Å². The first kappa shape index (κ1) is 12.2. The molecule has 1 aromatic heterocycles. The average Bonchev–Trinajstić information content (AvgIpc) is 2.46. The lowest BCUT2D eigenvalue weighted by molar-refractivity contribution is 1.07. The normalized spacial score (nSPS) is 10.8. The molecular formula is C16H13ClN2. The Kier molecular flexibility index (Phi) is 3.20. The van der Waals surface area contributed by atoms with E-state index in [9.17, 15) is 0 Å². The van der Waals surface area contributed by atoms with Crippen LogP contribution in [-0.2, 0) is 6.54 Å². The molecule has 0 spiro atoms. The van der Waals surface area contributed by atoms with Gasteiger partial charge in [-0.25, -0.2) is 0 Å². The summed E-state index contributed by atoms with van der Waals surface area (Å²) in [6.07, 6.45) is 1.80. The van der Waals surface area contributed by atoms with E-state index < -0.39 is 0 Å². The molecule has 0 saturated carbocycles. The lowest BCUT2D eigenvalue weighted by atomic mass is 9.96. The second kappa shape index (κ2) is 5.00. The Morgan fingerprint density at radius 3 is 2.74 bits per heavy atom. The van der Waals surface area contributed by atoms with E-state index >= 15 is 0 Å². The second-order valence-corrected chi connectivity index (χ2v) is 4.82. The van der Waals surface area contributed by atoms with Gasteiger partial charge in [0.1, 0.15) is 0 Å². The van der Waals surface area contributed by atoms with Gasteiger partial charge >= 0.3 is 0 Å². The number of hydrogen-bond acceptors (Lipinski definition) is 2. The number of hydrogen-bond donors (Lipinski definition) is 1. The van der Waals surface area contributed by atoms with Crippen LogP contribution < -0.4 is 5.73 Å². The highest BCUT2D eigenvalue weighted by molar-refractivity contribution is 6.31. The Bertz CT molecular complexity index is 732. The maximum atomic E-state index is 6.12. The molecule has 1 heterocycles. The third kappa shape index (κ3) is 2.21. The van der Waals surface area contributed by atoms with Crippen LogP contribution in [0, 0.1) is 0 Å². The summed E-state index contributed by atoms with van der Waals surface area (Å²) in [5.74, 6) is 0. The lowest BCUT2D eigenvalue weighted by Gasteiger charge is -2.11. The number of rotatable bonds is 2. The summed E-state index contributed by atoms with van der Waals surface area (Å²) in [6, 6.07) is 15.9. The molecule has 0 aliphatic rings. The lowest BCUT2D eigenvalue weighted by Crippen LogP contribution is -1.99. The Morgan fingerprint density at radius 1 is 1.00 bits per heavy atom. The van der Waals surface area contributed by atoms with Gasteiger partial charge in [0.05, 0.1) is 5.52 Å². The minimum Gasteiger partial charge on any atom is -0.326 e. The monoisotopic (exact) mass is 268 g/mol. The molecule has 94 valence electrons. The third-order valence-electron chi connectivity index (χ3n) is 3.23. The summed E-state index contributed by atoms with van der Waals surface area (Å²) in [6.45, 7) is 0.489. The Labute approximate surface area is 116 Å². The fraction of sp³-hybridized carbons (Fsp3) is 0.0625. The van der Waals surface area contributed by atoms with Crippen LogP contribution in [0.2, 0.25) is 5.02 Å². The van der Waals surface area contributed by atoms with Gasteiger partial charge in [0.25, 0.3) is 0 Å². The molecule has 0 aliphatic heterocycles. The quantitative estimate of drug-likeness (QED) is 0.763. The summed E-state index contributed by atoms with van der Waals surface area (Å²) in [4.78, 5) is 4.38. The molecule has 19 heavy (non-hydrogen) atoms. The van der Waals surface area contributed by atoms with Crippen molar-refractivity contribution >= 4 is 22.5 Å². The van der Waals surface area contributed by atoms with Crippen LogP contribution in [0.25, 0.3) is 22.0 Å². The SMILES string of the molecule is NCc1ccc(Cl)cc1-c1cccc2ncccc12. The van der Waals surface area contributed by atoms with Gasteiger partial charge in [0.15, 0.2) is 0 Å². The minimum absolute atomic E-state index is 0.489. The van der Waals surface area contributed by atoms with E-state index in [-0.39, 0.29) is 0 Å². The van der Waals surface area contributed by atoms with Crippen molar-refractivity contribution < 1.29 is 0 Å². The fourth-order valence-electron chi connectivity index (χ4n) is 2.32. The zero-order valence-electron chi connectivity index (χ0n) is 10.3. The predicted octanol–water partition coefficient (Wildman–Crippen LogP) is 4.01. The summed E-state index contributed by atoms with van der Waals surface area (Å²) in [5.41, 5.74) is 10.1. The first-order valence-corrected chi connectivity index (χ1v) is 6.50. The first-order chi connectivity index (χ1) is 9.29. The maximum absolute atomic E-state index is 6.12. The molecule has 2 aromatic carbocycles. The second-order valence-electron chi connectivity index (χ2n) is 4.38. The Balaban J connectivity index is 2.33. The molecule has 0 aliphatic carbocycles. The summed E-state index contributed by atoms with van der Waals surface area (Å²) in [7, 11) is 0. The van der Waals surface area contributed by atoms with Crippen molar-refractivity contribution in [2.24, 2.45) is 5.73 Å². The standard InChI is InChI=1S/C16H13ClN2/c17-12-7-6-11(10-18)15(9-12)13-3-1-5-16-14(13)4-2-8-19-16/h1-9H,10,18H2. The molecule has 3 aromatic rings. The highest BCUT2D eigenvalue weighted by Crippen LogP contribution is 2.32. The number of aromatic nitrogens is 1. The molecule has 3 heteroatoms. The van der Waals surface area contributed by atoms with Crippen LogP contribution in [0.3, 0.4) is 0 Å². The predicted molar refractivity (Wildman–Crippen MR) is 80.1 cm³/mol. The van der Waals surface area contributed by atoms with Crippen molar-refractivity contribution in [3.05, 3.63) is 65.3 Å². The molecule has 0 atom stereocenters. The van der Waals surface area contributed by atoms with Crippen LogP contribution in [0.5, 0.6) is 0 Å². The smallest absolute Gasteiger partial charge is 0.0708 e. The van der Waals surface area contributed by atoms with Gasteiger partial charge in [-0.2, -0.15) is 0 Å². The van der Waals surface area contributed by atoms with Crippen molar-refractivity contribution in [1.29, 1.82) is 0 Å². The van der Waals surface area contributed by atoms with E-state index in [1.165, 1.54) is 0 Å². The zero-order chi connectivity index (χ0) is 13.2. The molecule has 0 amide bonds. The number of fused-ring (bicyclic) bond motifs is 1. The molecule has 0 radical (unpaired) electrons. The topological polar surface area (TPSA) is 38.9 Å². The zero-order valence-corrected chi connectivity index (χ0v) is 11.1. The van der Waals surface area contributed by atoms with Crippen LogP contribution in [-0.4, -0.2) is 4.98 Å². The van der Waals surface area contributed by atoms with Gasteiger partial charge in [0.2, 0.25) is 0 Å². The number of nitrogens with zero attached hydrogens (tertiary/aromatic N) is 1. The average molecular weight is 269 g/mol. The van der Waals surface area contributed by atoms with Crippen LogP contribution in [0.4, 0.5) is 0 Å². The van der Waals surface area contributed by atoms with Crippen molar-refractivity contribution in [1.82, 2.24) is 4.98 Å². The number of nitrogens with two attached hydrogens (primary N) is 1. The molecule has 0 fully saturated rings. The summed E-state index contributed by atoms with van der Waals surface area (Å²) in [5, 5.41) is 1.83. The van der Waals surface area contributed by atoms with Gasteiger partial charge in [-0.1, -0.05) is 35.9 Å². The van der Waals surface area contributed by atoms with Crippen molar-refractivity contribution in [3.8, 4) is 11.1 Å². The molecule has 0 bridgehead atoms. The van der Waals surface area contributed by atoms with E-state index in [0.29, 0.717) is 11.6 Å². The van der Waals surface area contributed by atoms with Gasteiger partial charge in [-0.05, 0) is 41.0 Å². The number of benzene rings is 2. The number of halogens is 1. The fourth-order valence-corrected chi connectivity index (χ4v) is 2.49.